The van der Waals surface area contributed by atoms with Crippen molar-refractivity contribution in [1.82, 2.24) is 0 Å². The van der Waals surface area contributed by atoms with Gasteiger partial charge in [-0.3, -0.25) is 4.79 Å². The van der Waals surface area contributed by atoms with Crippen LogP contribution in [-0.2, 0) is 11.2 Å². The molecule has 1 aromatic rings. The molecular formula is C16H28FNO. The van der Waals surface area contributed by atoms with Gasteiger partial charge < -0.3 is 5.73 Å². The van der Waals surface area contributed by atoms with Crippen LogP contribution in [0.2, 0.25) is 0 Å². The largest absolute Gasteiger partial charge is 0.370 e. The first-order chi connectivity index (χ1) is 8.74. The van der Waals surface area contributed by atoms with Crippen molar-refractivity contribution in [3.05, 3.63) is 35.1 Å². The lowest BCUT2D eigenvalue weighted by Crippen LogP contribution is -2.01. The Morgan fingerprint density at radius 2 is 1.74 bits per heavy atom. The summed E-state index contributed by atoms with van der Waals surface area (Å²) in [5.41, 5.74) is 6.40. The van der Waals surface area contributed by atoms with Gasteiger partial charge in [0.2, 0.25) is 5.91 Å². The lowest BCUT2D eigenvalue weighted by molar-refractivity contribution is -0.115. The average molecular weight is 269 g/mol. The van der Waals surface area contributed by atoms with Gasteiger partial charge in [-0.2, -0.15) is 0 Å². The fourth-order valence-corrected chi connectivity index (χ4v) is 0.974. The summed E-state index contributed by atoms with van der Waals surface area (Å²) in [5.74, 6) is 0.461. The van der Waals surface area contributed by atoms with Crippen LogP contribution in [0, 0.1) is 18.7 Å². The maximum absolute atomic E-state index is 12.8. The first-order valence-electron chi connectivity index (χ1n) is 6.75. The molecule has 0 bridgehead atoms. The van der Waals surface area contributed by atoms with Crippen LogP contribution in [0.5, 0.6) is 0 Å². The molecule has 3 heteroatoms. The quantitative estimate of drug-likeness (QED) is 0.857. The second-order valence-electron chi connectivity index (χ2n) is 4.86. The van der Waals surface area contributed by atoms with E-state index in [4.69, 9.17) is 0 Å². The van der Waals surface area contributed by atoms with Crippen molar-refractivity contribution >= 4 is 5.91 Å². The van der Waals surface area contributed by atoms with Gasteiger partial charge in [0.1, 0.15) is 5.82 Å². The summed E-state index contributed by atoms with van der Waals surface area (Å²) >= 11 is 0. The predicted molar refractivity (Wildman–Crippen MR) is 80.5 cm³/mol. The molecule has 0 aromatic heterocycles. The van der Waals surface area contributed by atoms with Crippen molar-refractivity contribution < 1.29 is 9.18 Å². The Hall–Kier alpha value is -1.38. The van der Waals surface area contributed by atoms with Crippen molar-refractivity contribution in [2.45, 2.75) is 54.4 Å². The Bertz CT molecular complexity index is 358. The Morgan fingerprint density at radius 3 is 2.00 bits per heavy atom. The molecule has 0 atom stereocenters. The number of hydrogen-bond donors (Lipinski definition) is 1. The lowest BCUT2D eigenvalue weighted by Gasteiger charge is -1.99. The fraction of sp³-hybridized carbons (Fsp3) is 0.562. The zero-order valence-corrected chi connectivity index (χ0v) is 13.1. The van der Waals surface area contributed by atoms with Crippen molar-refractivity contribution in [2.24, 2.45) is 11.7 Å². The van der Waals surface area contributed by atoms with E-state index in [0.29, 0.717) is 0 Å². The third-order valence-electron chi connectivity index (χ3n) is 2.40. The van der Waals surface area contributed by atoms with Crippen LogP contribution in [0.1, 0.15) is 52.2 Å². The van der Waals surface area contributed by atoms with E-state index in [9.17, 15) is 9.18 Å². The van der Waals surface area contributed by atoms with E-state index in [2.05, 4.69) is 26.5 Å². The van der Waals surface area contributed by atoms with E-state index in [0.717, 1.165) is 23.5 Å². The maximum atomic E-state index is 12.8. The van der Waals surface area contributed by atoms with Gasteiger partial charge >= 0.3 is 0 Å². The van der Waals surface area contributed by atoms with E-state index < -0.39 is 0 Å². The number of hydrogen-bond acceptors (Lipinski definition) is 1. The zero-order chi connectivity index (χ0) is 15.4. The molecule has 2 N–H and O–H groups in total. The highest BCUT2D eigenvalue weighted by Crippen LogP contribution is 2.09. The monoisotopic (exact) mass is 269 g/mol. The van der Waals surface area contributed by atoms with Gasteiger partial charge in [-0.05, 0) is 30.9 Å². The number of amides is 1. The van der Waals surface area contributed by atoms with E-state index in [1.54, 1.807) is 6.07 Å². The number of carbonyl (C=O) groups is 1. The smallest absolute Gasteiger partial charge is 0.214 e. The Balaban J connectivity index is 0. The van der Waals surface area contributed by atoms with Crippen LogP contribution in [0.15, 0.2) is 18.2 Å². The van der Waals surface area contributed by atoms with Gasteiger partial charge in [0.25, 0.3) is 0 Å². The number of benzene rings is 1. The highest BCUT2D eigenvalue weighted by atomic mass is 19.1. The highest BCUT2D eigenvalue weighted by molar-refractivity contribution is 5.70. The molecule has 0 radical (unpaired) electrons. The Kier molecular flexibility index (Phi) is 12.3. The first kappa shape index (κ1) is 19.9. The molecular weight excluding hydrogens is 241 g/mol. The van der Waals surface area contributed by atoms with Gasteiger partial charge in [-0.1, -0.05) is 51.8 Å². The minimum Gasteiger partial charge on any atom is -0.370 e. The molecule has 110 valence electrons. The highest BCUT2D eigenvalue weighted by Gasteiger charge is 1.97. The molecule has 0 aliphatic heterocycles. The van der Waals surface area contributed by atoms with Gasteiger partial charge in [-0.25, -0.2) is 4.39 Å². The van der Waals surface area contributed by atoms with Crippen LogP contribution < -0.4 is 5.73 Å². The number of primary amides is 1. The van der Waals surface area contributed by atoms with Crippen molar-refractivity contribution in [2.75, 3.05) is 0 Å². The van der Waals surface area contributed by atoms with E-state index in [1.807, 2.05) is 19.9 Å². The second-order valence-corrected chi connectivity index (χ2v) is 4.86. The second kappa shape index (κ2) is 11.7. The third-order valence-corrected chi connectivity index (χ3v) is 2.40. The molecule has 1 rings (SSSR count). The maximum Gasteiger partial charge on any atom is 0.214 e. The molecule has 1 aromatic carbocycles. The van der Waals surface area contributed by atoms with E-state index in [-0.39, 0.29) is 11.7 Å². The Morgan fingerprint density at radius 1 is 1.32 bits per heavy atom. The molecule has 19 heavy (non-hydrogen) atoms. The first-order valence-corrected chi connectivity index (χ1v) is 6.75. The van der Waals surface area contributed by atoms with Crippen molar-refractivity contribution in [3.8, 4) is 0 Å². The van der Waals surface area contributed by atoms with Crippen LogP contribution in [0.4, 0.5) is 4.39 Å². The SMILES string of the molecule is CC(N)=O.CCC(C)C.CCc1cc(C)ccc1F. The number of aryl methyl sites for hydroxylation is 2. The zero-order valence-electron chi connectivity index (χ0n) is 13.1. The molecule has 0 heterocycles. The standard InChI is InChI=1S/C9H11F.C5H12.C2H5NO/c1-3-8-6-7(2)4-5-9(8)10;1-4-5(2)3;1-2(3)4/h4-6H,3H2,1-2H3;5H,4H2,1-3H3;1H3,(H2,3,4). The van der Waals surface area contributed by atoms with Crippen LogP contribution in [0.3, 0.4) is 0 Å². The normalized spacial score (nSPS) is 9.05. The van der Waals surface area contributed by atoms with Crippen molar-refractivity contribution in [3.63, 3.8) is 0 Å². The third kappa shape index (κ3) is 14.6. The summed E-state index contributed by atoms with van der Waals surface area (Å²) in [5, 5.41) is 0. The van der Waals surface area contributed by atoms with Crippen LogP contribution in [0.25, 0.3) is 0 Å². The molecule has 0 saturated carbocycles. The molecule has 0 spiro atoms. The lowest BCUT2D eigenvalue weighted by atomic mass is 10.1. The fourth-order valence-electron chi connectivity index (χ4n) is 0.974. The van der Waals surface area contributed by atoms with E-state index >= 15 is 0 Å². The molecule has 0 aliphatic rings. The van der Waals surface area contributed by atoms with Gasteiger partial charge in [-0.15, -0.1) is 0 Å². The molecule has 1 amide bonds. The molecule has 0 saturated heterocycles. The topological polar surface area (TPSA) is 43.1 Å². The summed E-state index contributed by atoms with van der Waals surface area (Å²) in [7, 11) is 0. The number of nitrogens with two attached hydrogens (primary N) is 1. The average Bonchev–Trinajstić information content (AvgIpc) is 2.32. The van der Waals surface area contributed by atoms with Crippen LogP contribution in [-0.4, -0.2) is 5.91 Å². The van der Waals surface area contributed by atoms with Crippen molar-refractivity contribution in [1.29, 1.82) is 0 Å². The van der Waals surface area contributed by atoms with E-state index in [1.165, 1.54) is 19.4 Å². The molecule has 0 aliphatic carbocycles. The molecule has 0 fully saturated rings. The van der Waals surface area contributed by atoms with Crippen LogP contribution >= 0.6 is 0 Å². The van der Waals surface area contributed by atoms with Gasteiger partial charge in [0, 0.05) is 6.92 Å². The summed E-state index contributed by atoms with van der Waals surface area (Å²) in [4.78, 5) is 9.22. The summed E-state index contributed by atoms with van der Waals surface area (Å²) in [6.07, 6.45) is 2.08. The summed E-state index contributed by atoms with van der Waals surface area (Å²) in [6.45, 7) is 11.9. The summed E-state index contributed by atoms with van der Waals surface area (Å²) < 4.78 is 12.8. The number of rotatable bonds is 2. The summed E-state index contributed by atoms with van der Waals surface area (Å²) in [6, 6.07) is 5.19. The number of carbonyl (C=O) groups excluding carboxylic acids is 1. The molecule has 2 nitrogen and oxygen atoms in total. The number of halogens is 1. The van der Waals surface area contributed by atoms with Gasteiger partial charge in [0.05, 0.1) is 0 Å². The molecule has 0 unspecified atom stereocenters. The van der Waals surface area contributed by atoms with Gasteiger partial charge in [0.15, 0.2) is 0 Å². The minimum atomic E-state index is -0.333. The Labute approximate surface area is 117 Å². The predicted octanol–water partition coefficient (Wildman–Crippen LogP) is 4.24. The minimum absolute atomic E-state index is 0.0897.